The summed E-state index contributed by atoms with van der Waals surface area (Å²) < 4.78 is 1.27. The average Bonchev–Trinajstić information content (AvgIpc) is 2.44. The van der Waals surface area contributed by atoms with Crippen molar-refractivity contribution in [3.05, 3.63) is 17.3 Å². The largest absolute Gasteiger partial charge is 0.234 e. The lowest BCUT2D eigenvalue weighted by molar-refractivity contribution is 1.31. The maximum absolute atomic E-state index is 5.78. The minimum Gasteiger partial charge on any atom is -0.234 e. The van der Waals surface area contributed by atoms with E-state index in [1.54, 1.807) is 12.3 Å². The van der Waals surface area contributed by atoms with Crippen molar-refractivity contribution in [1.82, 2.24) is 9.97 Å². The fourth-order valence-electron chi connectivity index (χ4n) is 0.918. The summed E-state index contributed by atoms with van der Waals surface area (Å²) >= 11 is 15.1. The Labute approximate surface area is 100 Å². The van der Waals surface area contributed by atoms with Gasteiger partial charge in [-0.3, -0.25) is 0 Å². The highest BCUT2D eigenvalue weighted by molar-refractivity contribution is 8.23. The lowest BCUT2D eigenvalue weighted by atomic mass is 10.5. The zero-order chi connectivity index (χ0) is 10.1. The van der Waals surface area contributed by atoms with Crippen molar-refractivity contribution in [2.75, 3.05) is 0 Å². The summed E-state index contributed by atoms with van der Waals surface area (Å²) in [5.74, 6) is 0. The third kappa shape index (κ3) is 2.20. The third-order valence-electron chi connectivity index (χ3n) is 1.40. The number of hydrogen-bond donors (Lipinski definition) is 2. The molecule has 0 aliphatic rings. The summed E-state index contributed by atoms with van der Waals surface area (Å²) in [5, 5.41) is 1.17. The SMILES string of the molecule is SC(S)=Nc1nc2ncc(Cl)cc2s1. The third-order valence-corrected chi connectivity index (χ3v) is 2.69. The van der Waals surface area contributed by atoms with Gasteiger partial charge in [0, 0.05) is 6.20 Å². The number of thiazole rings is 1. The van der Waals surface area contributed by atoms with Gasteiger partial charge in [-0.1, -0.05) is 22.9 Å². The number of aromatic nitrogens is 2. The number of rotatable bonds is 1. The van der Waals surface area contributed by atoms with Crippen LogP contribution < -0.4 is 0 Å². The number of nitrogens with zero attached hydrogens (tertiary/aromatic N) is 3. The zero-order valence-electron chi connectivity index (χ0n) is 6.68. The number of fused-ring (bicyclic) bond motifs is 1. The van der Waals surface area contributed by atoms with Crippen LogP contribution in [0.5, 0.6) is 0 Å². The number of hydrogen-bond acceptors (Lipinski definition) is 4. The molecule has 7 heteroatoms. The summed E-state index contributed by atoms with van der Waals surface area (Å²) in [6, 6.07) is 1.80. The summed E-state index contributed by atoms with van der Waals surface area (Å²) in [4.78, 5) is 12.2. The highest BCUT2D eigenvalue weighted by Gasteiger charge is 2.04. The second kappa shape index (κ2) is 4.06. The van der Waals surface area contributed by atoms with E-state index in [0.29, 0.717) is 20.2 Å². The first-order chi connectivity index (χ1) is 6.65. The Balaban J connectivity index is 2.57. The molecule has 0 saturated carbocycles. The highest BCUT2D eigenvalue weighted by Crippen LogP contribution is 2.28. The second-order valence-corrected chi connectivity index (χ2v) is 5.03. The van der Waals surface area contributed by atoms with Gasteiger partial charge in [0.2, 0.25) is 5.13 Å². The van der Waals surface area contributed by atoms with Gasteiger partial charge in [-0.05, 0) is 6.07 Å². The van der Waals surface area contributed by atoms with E-state index >= 15 is 0 Å². The van der Waals surface area contributed by atoms with E-state index in [0.717, 1.165) is 4.70 Å². The summed E-state index contributed by atoms with van der Waals surface area (Å²) in [6.45, 7) is 0. The van der Waals surface area contributed by atoms with Crippen LogP contribution in [0.15, 0.2) is 17.3 Å². The molecular weight excluding hydrogens is 258 g/mol. The molecule has 2 rings (SSSR count). The van der Waals surface area contributed by atoms with Crippen LogP contribution in [-0.4, -0.2) is 14.3 Å². The quantitative estimate of drug-likeness (QED) is 0.470. The number of thiol groups is 2. The molecule has 0 N–H and O–H groups in total. The lowest BCUT2D eigenvalue weighted by Crippen LogP contribution is -1.74. The van der Waals surface area contributed by atoms with Crippen molar-refractivity contribution < 1.29 is 0 Å². The highest BCUT2D eigenvalue weighted by atomic mass is 35.5. The standard InChI is InChI=1S/C7H4ClN3S3/c8-3-1-4-5(9-2-3)10-6(14-4)11-7(12)13/h1-2H,(H2,9,10,11,12,13). The Kier molecular flexibility index (Phi) is 2.96. The maximum atomic E-state index is 5.78. The lowest BCUT2D eigenvalue weighted by Gasteiger charge is -1.85. The van der Waals surface area contributed by atoms with E-state index in [2.05, 4.69) is 40.2 Å². The molecular formula is C7H4ClN3S3. The average molecular weight is 262 g/mol. The van der Waals surface area contributed by atoms with Crippen LogP contribution in [-0.2, 0) is 0 Å². The van der Waals surface area contributed by atoms with Gasteiger partial charge in [-0.2, -0.15) is 4.98 Å². The van der Waals surface area contributed by atoms with Gasteiger partial charge in [-0.15, -0.1) is 25.3 Å². The van der Waals surface area contributed by atoms with E-state index in [-0.39, 0.29) is 0 Å². The molecule has 0 aliphatic carbocycles. The zero-order valence-corrected chi connectivity index (χ0v) is 10.0. The predicted octanol–water partition coefficient (Wildman–Crippen LogP) is 3.19. The molecule has 2 aromatic heterocycles. The van der Waals surface area contributed by atoms with E-state index < -0.39 is 0 Å². The molecule has 0 aliphatic heterocycles. The first-order valence-corrected chi connectivity index (χ1v) is 5.63. The van der Waals surface area contributed by atoms with Crippen molar-refractivity contribution in [3.63, 3.8) is 0 Å². The number of aliphatic imine (C=N–C) groups is 1. The monoisotopic (exact) mass is 261 g/mol. The molecule has 0 atom stereocenters. The fraction of sp³-hybridized carbons (Fsp3) is 0. The molecule has 0 spiro atoms. The molecule has 0 amide bonds. The first kappa shape index (κ1) is 10.2. The van der Waals surface area contributed by atoms with Crippen LogP contribution in [0.3, 0.4) is 0 Å². The Hall–Kier alpha value is -0.300. The molecule has 0 saturated heterocycles. The molecule has 0 radical (unpaired) electrons. The van der Waals surface area contributed by atoms with Crippen LogP contribution in [0.25, 0.3) is 10.3 Å². The predicted molar refractivity (Wildman–Crippen MR) is 67.5 cm³/mol. The fourth-order valence-corrected chi connectivity index (χ4v) is 2.31. The Morgan fingerprint density at radius 1 is 1.50 bits per heavy atom. The normalized spacial score (nSPS) is 10.5. The molecule has 2 heterocycles. The van der Waals surface area contributed by atoms with Gasteiger partial charge < -0.3 is 0 Å². The van der Waals surface area contributed by atoms with Gasteiger partial charge in [0.25, 0.3) is 0 Å². The van der Waals surface area contributed by atoms with E-state index in [4.69, 9.17) is 11.6 Å². The molecule has 72 valence electrons. The van der Waals surface area contributed by atoms with Gasteiger partial charge >= 0.3 is 0 Å². The summed E-state index contributed by atoms with van der Waals surface area (Å²) in [6.07, 6.45) is 1.55. The first-order valence-electron chi connectivity index (χ1n) is 3.54. The van der Waals surface area contributed by atoms with Crippen LogP contribution in [0, 0.1) is 0 Å². The van der Waals surface area contributed by atoms with Gasteiger partial charge in [0.05, 0.1) is 9.72 Å². The van der Waals surface area contributed by atoms with Crippen molar-refractivity contribution in [3.8, 4) is 0 Å². The maximum Gasteiger partial charge on any atom is 0.213 e. The molecule has 2 aromatic rings. The molecule has 0 bridgehead atoms. The minimum absolute atomic E-state index is 0.371. The Bertz CT molecular complexity index is 504. The molecule has 0 unspecified atom stereocenters. The summed E-state index contributed by atoms with van der Waals surface area (Å²) in [7, 11) is 0. The van der Waals surface area contributed by atoms with Gasteiger partial charge in [-0.25, -0.2) is 9.98 Å². The number of halogens is 1. The van der Waals surface area contributed by atoms with Crippen LogP contribution in [0.1, 0.15) is 0 Å². The topological polar surface area (TPSA) is 38.1 Å². The number of pyridine rings is 1. The summed E-state index contributed by atoms with van der Waals surface area (Å²) in [5.41, 5.74) is 0.640. The van der Waals surface area contributed by atoms with Gasteiger partial charge in [0.15, 0.2) is 5.65 Å². The Morgan fingerprint density at radius 3 is 3.00 bits per heavy atom. The molecule has 0 aromatic carbocycles. The van der Waals surface area contributed by atoms with E-state index in [1.807, 2.05) is 0 Å². The van der Waals surface area contributed by atoms with E-state index in [9.17, 15) is 0 Å². The van der Waals surface area contributed by atoms with Crippen molar-refractivity contribution in [2.24, 2.45) is 4.99 Å². The van der Waals surface area contributed by atoms with Crippen LogP contribution >= 0.6 is 48.2 Å². The van der Waals surface area contributed by atoms with E-state index in [1.165, 1.54) is 11.3 Å². The Morgan fingerprint density at radius 2 is 2.29 bits per heavy atom. The smallest absolute Gasteiger partial charge is 0.213 e. The van der Waals surface area contributed by atoms with Crippen molar-refractivity contribution >= 4 is 68.0 Å². The van der Waals surface area contributed by atoms with Crippen molar-refractivity contribution in [1.29, 1.82) is 0 Å². The molecule has 14 heavy (non-hydrogen) atoms. The van der Waals surface area contributed by atoms with Crippen LogP contribution in [0.2, 0.25) is 5.02 Å². The van der Waals surface area contributed by atoms with Crippen molar-refractivity contribution in [2.45, 2.75) is 0 Å². The second-order valence-electron chi connectivity index (χ2n) is 2.38. The minimum atomic E-state index is 0.371. The van der Waals surface area contributed by atoms with Gasteiger partial charge in [0.1, 0.15) is 4.38 Å². The molecule has 3 nitrogen and oxygen atoms in total. The van der Waals surface area contributed by atoms with Crippen LogP contribution in [0.4, 0.5) is 5.13 Å². The molecule has 0 fully saturated rings.